The van der Waals surface area contributed by atoms with E-state index < -0.39 is 0 Å². The molecule has 3 nitrogen and oxygen atoms in total. The molecule has 82 valence electrons. The van der Waals surface area contributed by atoms with Gasteiger partial charge in [-0.25, -0.2) is 4.98 Å². The van der Waals surface area contributed by atoms with Gasteiger partial charge in [-0.3, -0.25) is 4.79 Å². The predicted molar refractivity (Wildman–Crippen MR) is 63.5 cm³/mol. The van der Waals surface area contributed by atoms with Crippen molar-refractivity contribution in [2.75, 3.05) is 0 Å². The first kappa shape index (κ1) is 12.2. The first-order chi connectivity index (χ1) is 6.80. The number of pyridine rings is 1. The standard InChI is InChI=1S/C11H15BrN2O/c1-11(2,3)10-7(6-9(13)15)4-5-8(12)14-10/h4-5H,6H2,1-3H3,(H2,13,15). The maximum absolute atomic E-state index is 10.9. The maximum atomic E-state index is 10.9. The molecule has 0 spiro atoms. The molecule has 0 radical (unpaired) electrons. The van der Waals surface area contributed by atoms with E-state index in [0.29, 0.717) is 0 Å². The zero-order valence-electron chi connectivity index (χ0n) is 9.17. The van der Waals surface area contributed by atoms with Gasteiger partial charge in [0.25, 0.3) is 0 Å². The monoisotopic (exact) mass is 270 g/mol. The number of nitrogens with zero attached hydrogens (tertiary/aromatic N) is 1. The number of hydrogen-bond donors (Lipinski definition) is 1. The van der Waals surface area contributed by atoms with E-state index in [1.807, 2.05) is 12.1 Å². The van der Waals surface area contributed by atoms with E-state index >= 15 is 0 Å². The summed E-state index contributed by atoms with van der Waals surface area (Å²) in [5.74, 6) is -0.329. The Morgan fingerprint density at radius 1 is 1.47 bits per heavy atom. The second-order valence-corrected chi connectivity index (χ2v) is 5.35. The number of aromatic nitrogens is 1. The van der Waals surface area contributed by atoms with Gasteiger partial charge in [0.1, 0.15) is 4.60 Å². The second-order valence-electron chi connectivity index (χ2n) is 4.53. The molecule has 0 aliphatic carbocycles. The van der Waals surface area contributed by atoms with Gasteiger partial charge in [-0.2, -0.15) is 0 Å². The van der Waals surface area contributed by atoms with Crippen LogP contribution in [0.2, 0.25) is 0 Å². The Bertz CT molecular complexity index is 383. The van der Waals surface area contributed by atoms with Crippen molar-refractivity contribution in [2.24, 2.45) is 5.73 Å². The molecular weight excluding hydrogens is 256 g/mol. The molecule has 1 aromatic rings. The normalized spacial score (nSPS) is 11.5. The molecule has 1 amide bonds. The summed E-state index contributed by atoms with van der Waals surface area (Å²) >= 11 is 3.33. The summed E-state index contributed by atoms with van der Waals surface area (Å²) in [6, 6.07) is 3.72. The lowest BCUT2D eigenvalue weighted by molar-refractivity contribution is -0.117. The molecule has 0 unspecified atom stereocenters. The number of primary amides is 1. The number of halogens is 1. The van der Waals surface area contributed by atoms with Gasteiger partial charge in [-0.05, 0) is 27.6 Å². The van der Waals surface area contributed by atoms with Gasteiger partial charge in [-0.1, -0.05) is 26.8 Å². The Morgan fingerprint density at radius 3 is 2.53 bits per heavy atom. The molecule has 4 heteroatoms. The van der Waals surface area contributed by atoms with E-state index in [1.54, 1.807) is 0 Å². The average molecular weight is 271 g/mol. The van der Waals surface area contributed by atoms with Crippen LogP contribution in [0.3, 0.4) is 0 Å². The third-order valence-corrected chi connectivity index (χ3v) is 2.46. The van der Waals surface area contributed by atoms with Crippen LogP contribution in [-0.2, 0) is 16.6 Å². The van der Waals surface area contributed by atoms with Gasteiger partial charge in [0, 0.05) is 5.41 Å². The molecule has 0 atom stereocenters. The highest BCUT2D eigenvalue weighted by Crippen LogP contribution is 2.25. The van der Waals surface area contributed by atoms with Crippen LogP contribution in [0.1, 0.15) is 32.0 Å². The molecule has 0 bridgehead atoms. The lowest BCUT2D eigenvalue weighted by Crippen LogP contribution is -2.21. The smallest absolute Gasteiger partial charge is 0.221 e. The van der Waals surface area contributed by atoms with Crippen LogP contribution in [0, 0.1) is 0 Å². The van der Waals surface area contributed by atoms with E-state index in [9.17, 15) is 4.79 Å². The Kier molecular flexibility index (Phi) is 3.50. The highest BCUT2D eigenvalue weighted by molar-refractivity contribution is 9.10. The fraction of sp³-hybridized carbons (Fsp3) is 0.455. The van der Waals surface area contributed by atoms with E-state index in [1.165, 1.54) is 0 Å². The zero-order valence-corrected chi connectivity index (χ0v) is 10.8. The van der Waals surface area contributed by atoms with E-state index in [0.717, 1.165) is 15.9 Å². The highest BCUT2D eigenvalue weighted by atomic mass is 79.9. The molecule has 0 fully saturated rings. The van der Waals surface area contributed by atoms with Crippen LogP contribution in [-0.4, -0.2) is 10.9 Å². The second kappa shape index (κ2) is 4.31. The SMILES string of the molecule is CC(C)(C)c1nc(Br)ccc1CC(N)=O. The first-order valence-corrected chi connectivity index (χ1v) is 5.54. The van der Waals surface area contributed by atoms with Crippen molar-refractivity contribution in [2.45, 2.75) is 32.6 Å². The van der Waals surface area contributed by atoms with Gasteiger partial charge >= 0.3 is 0 Å². The number of rotatable bonds is 2. The summed E-state index contributed by atoms with van der Waals surface area (Å²) in [5.41, 5.74) is 6.92. The third kappa shape index (κ3) is 3.30. The Morgan fingerprint density at radius 2 is 2.07 bits per heavy atom. The lowest BCUT2D eigenvalue weighted by atomic mass is 9.87. The van der Waals surface area contributed by atoms with Crippen molar-refractivity contribution < 1.29 is 4.79 Å². The number of amides is 1. The van der Waals surface area contributed by atoms with E-state index in [4.69, 9.17) is 5.73 Å². The molecule has 1 heterocycles. The fourth-order valence-corrected chi connectivity index (χ4v) is 1.75. The minimum atomic E-state index is -0.329. The number of carbonyl (C=O) groups excluding carboxylic acids is 1. The molecule has 0 aliphatic rings. The third-order valence-electron chi connectivity index (χ3n) is 2.02. The molecule has 2 N–H and O–H groups in total. The molecule has 0 aliphatic heterocycles. The van der Waals surface area contributed by atoms with Gasteiger partial charge in [0.05, 0.1) is 12.1 Å². The lowest BCUT2D eigenvalue weighted by Gasteiger charge is -2.21. The molecule has 0 saturated carbocycles. The fourth-order valence-electron chi connectivity index (χ4n) is 1.44. The van der Waals surface area contributed by atoms with Crippen LogP contribution in [0.25, 0.3) is 0 Å². The molecule has 1 aromatic heterocycles. The summed E-state index contributed by atoms with van der Waals surface area (Å²) < 4.78 is 0.778. The Labute approximate surface area is 98.2 Å². The topological polar surface area (TPSA) is 56.0 Å². The molecule has 0 saturated heterocycles. The van der Waals surface area contributed by atoms with Crippen molar-refractivity contribution in [3.8, 4) is 0 Å². The first-order valence-electron chi connectivity index (χ1n) is 4.75. The van der Waals surface area contributed by atoms with Gasteiger partial charge in [0.2, 0.25) is 5.91 Å². The summed E-state index contributed by atoms with van der Waals surface area (Å²) in [6.45, 7) is 6.19. The van der Waals surface area contributed by atoms with Gasteiger partial charge in [0.15, 0.2) is 0 Å². The Hall–Kier alpha value is -0.900. The maximum Gasteiger partial charge on any atom is 0.221 e. The zero-order chi connectivity index (χ0) is 11.6. The van der Waals surface area contributed by atoms with E-state index in [2.05, 4.69) is 41.7 Å². The van der Waals surface area contributed by atoms with Crippen LogP contribution >= 0.6 is 15.9 Å². The summed E-state index contributed by atoms with van der Waals surface area (Å²) in [7, 11) is 0. The van der Waals surface area contributed by atoms with Crippen molar-refractivity contribution in [1.29, 1.82) is 0 Å². The molecular formula is C11H15BrN2O. The predicted octanol–water partition coefficient (Wildman–Crippen LogP) is 2.17. The van der Waals surface area contributed by atoms with Crippen LogP contribution in [0.4, 0.5) is 0 Å². The van der Waals surface area contributed by atoms with Gasteiger partial charge < -0.3 is 5.73 Å². The average Bonchev–Trinajstić information content (AvgIpc) is 2.05. The van der Waals surface area contributed by atoms with Crippen molar-refractivity contribution in [3.05, 3.63) is 28.0 Å². The highest BCUT2D eigenvalue weighted by Gasteiger charge is 2.20. The van der Waals surface area contributed by atoms with Crippen LogP contribution in [0.5, 0.6) is 0 Å². The van der Waals surface area contributed by atoms with Crippen molar-refractivity contribution in [3.63, 3.8) is 0 Å². The molecule has 0 aromatic carbocycles. The number of carbonyl (C=O) groups is 1. The number of nitrogens with two attached hydrogens (primary N) is 1. The Balaban J connectivity index is 3.20. The largest absolute Gasteiger partial charge is 0.369 e. The molecule has 15 heavy (non-hydrogen) atoms. The van der Waals surface area contributed by atoms with Gasteiger partial charge in [-0.15, -0.1) is 0 Å². The minimum Gasteiger partial charge on any atom is -0.369 e. The van der Waals surface area contributed by atoms with Crippen LogP contribution < -0.4 is 5.73 Å². The van der Waals surface area contributed by atoms with Crippen molar-refractivity contribution >= 4 is 21.8 Å². The van der Waals surface area contributed by atoms with E-state index in [-0.39, 0.29) is 17.7 Å². The van der Waals surface area contributed by atoms with Crippen molar-refractivity contribution in [1.82, 2.24) is 4.98 Å². The minimum absolute atomic E-state index is 0.0887. The molecule has 1 rings (SSSR count). The number of hydrogen-bond acceptors (Lipinski definition) is 2. The summed E-state index contributed by atoms with van der Waals surface area (Å²) in [4.78, 5) is 15.3. The summed E-state index contributed by atoms with van der Waals surface area (Å²) in [5, 5.41) is 0. The quantitative estimate of drug-likeness (QED) is 0.838. The summed E-state index contributed by atoms with van der Waals surface area (Å²) in [6.07, 6.45) is 0.243. The van der Waals surface area contributed by atoms with Crippen LogP contribution in [0.15, 0.2) is 16.7 Å².